The maximum absolute atomic E-state index is 12.3. The Balaban J connectivity index is 1.59. The summed E-state index contributed by atoms with van der Waals surface area (Å²) in [5.41, 5.74) is 1.25. The van der Waals surface area contributed by atoms with Crippen molar-refractivity contribution in [2.24, 2.45) is 0 Å². The largest absolute Gasteiger partial charge is 0.497 e. The van der Waals surface area contributed by atoms with Crippen LogP contribution in [-0.2, 0) is 14.3 Å². The fraction of sp³-hybridized carbons (Fsp3) is 0.250. The van der Waals surface area contributed by atoms with Gasteiger partial charge in [-0.2, -0.15) is 0 Å². The molecule has 1 heterocycles. The van der Waals surface area contributed by atoms with Crippen molar-refractivity contribution >= 4 is 40.8 Å². The molecule has 2 aromatic rings. The first-order chi connectivity index (χ1) is 13.5. The molecular formula is C20H19ClN2O5. The van der Waals surface area contributed by atoms with Gasteiger partial charge in [0.15, 0.2) is 6.61 Å². The minimum absolute atomic E-state index is 0.0358. The Morgan fingerprint density at radius 3 is 2.57 bits per heavy atom. The van der Waals surface area contributed by atoms with Crippen LogP contribution in [0.3, 0.4) is 0 Å². The molecule has 0 atom stereocenters. The number of rotatable bonds is 6. The minimum atomic E-state index is -0.672. The van der Waals surface area contributed by atoms with Gasteiger partial charge in [-0.15, -0.1) is 0 Å². The topological polar surface area (TPSA) is 84.9 Å². The fourth-order valence-corrected chi connectivity index (χ4v) is 3.05. The van der Waals surface area contributed by atoms with Crippen molar-refractivity contribution in [2.75, 3.05) is 30.5 Å². The van der Waals surface area contributed by atoms with E-state index in [1.807, 2.05) is 0 Å². The number of esters is 1. The molecule has 0 unspecified atom stereocenters. The summed E-state index contributed by atoms with van der Waals surface area (Å²) in [6, 6.07) is 11.3. The molecule has 0 aromatic heterocycles. The molecule has 7 nitrogen and oxygen atoms in total. The third kappa shape index (κ3) is 4.61. The van der Waals surface area contributed by atoms with Gasteiger partial charge < -0.3 is 19.7 Å². The van der Waals surface area contributed by atoms with Gasteiger partial charge >= 0.3 is 5.97 Å². The zero-order valence-electron chi connectivity index (χ0n) is 15.2. The van der Waals surface area contributed by atoms with Crippen LogP contribution >= 0.6 is 11.6 Å². The van der Waals surface area contributed by atoms with E-state index >= 15 is 0 Å². The maximum atomic E-state index is 12.3. The number of anilines is 2. The molecule has 146 valence electrons. The monoisotopic (exact) mass is 402 g/mol. The van der Waals surface area contributed by atoms with Crippen LogP contribution in [0.25, 0.3) is 0 Å². The molecule has 28 heavy (non-hydrogen) atoms. The van der Waals surface area contributed by atoms with Crippen LogP contribution < -0.4 is 15.0 Å². The van der Waals surface area contributed by atoms with Crippen molar-refractivity contribution in [2.45, 2.75) is 12.8 Å². The number of amides is 2. The summed E-state index contributed by atoms with van der Waals surface area (Å²) >= 11 is 6.17. The van der Waals surface area contributed by atoms with Gasteiger partial charge in [0.25, 0.3) is 5.91 Å². The molecule has 3 rings (SSSR count). The summed E-state index contributed by atoms with van der Waals surface area (Å²) in [5.74, 6) is -0.511. The molecule has 0 saturated carbocycles. The van der Waals surface area contributed by atoms with E-state index in [-0.39, 0.29) is 11.5 Å². The van der Waals surface area contributed by atoms with E-state index in [1.54, 1.807) is 36.3 Å². The number of hydrogen-bond acceptors (Lipinski definition) is 5. The van der Waals surface area contributed by atoms with E-state index in [9.17, 15) is 14.4 Å². The zero-order valence-corrected chi connectivity index (χ0v) is 16.0. The van der Waals surface area contributed by atoms with E-state index in [1.165, 1.54) is 18.2 Å². The van der Waals surface area contributed by atoms with Gasteiger partial charge in [-0.25, -0.2) is 4.79 Å². The van der Waals surface area contributed by atoms with Crippen molar-refractivity contribution in [3.63, 3.8) is 0 Å². The van der Waals surface area contributed by atoms with Crippen molar-refractivity contribution in [3.8, 4) is 5.75 Å². The number of carbonyl (C=O) groups excluding carboxylic acids is 3. The molecule has 2 aromatic carbocycles. The lowest BCUT2D eigenvalue weighted by Crippen LogP contribution is -2.24. The number of carbonyl (C=O) groups is 3. The lowest BCUT2D eigenvalue weighted by Gasteiger charge is -2.18. The summed E-state index contributed by atoms with van der Waals surface area (Å²) < 4.78 is 10.1. The lowest BCUT2D eigenvalue weighted by atomic mass is 10.2. The van der Waals surface area contributed by atoms with Gasteiger partial charge in [-0.05, 0) is 48.9 Å². The molecule has 1 aliphatic rings. The van der Waals surface area contributed by atoms with Crippen LogP contribution in [0.4, 0.5) is 11.4 Å². The average molecular weight is 403 g/mol. The number of benzene rings is 2. The molecule has 0 bridgehead atoms. The summed E-state index contributed by atoms with van der Waals surface area (Å²) in [6.07, 6.45) is 1.20. The number of nitrogens with one attached hydrogen (secondary N) is 1. The molecule has 0 aliphatic carbocycles. The Morgan fingerprint density at radius 1 is 1.18 bits per heavy atom. The predicted molar refractivity (Wildman–Crippen MR) is 105 cm³/mol. The Bertz CT molecular complexity index is 898. The quantitative estimate of drug-likeness (QED) is 0.749. The summed E-state index contributed by atoms with van der Waals surface area (Å²) in [7, 11) is 1.55. The van der Waals surface area contributed by atoms with Crippen LogP contribution in [0, 0.1) is 0 Å². The second kappa shape index (κ2) is 8.75. The molecule has 2 amide bonds. The van der Waals surface area contributed by atoms with E-state index in [0.717, 1.165) is 6.42 Å². The molecular weight excluding hydrogens is 384 g/mol. The van der Waals surface area contributed by atoms with Crippen molar-refractivity contribution in [1.29, 1.82) is 0 Å². The van der Waals surface area contributed by atoms with Crippen LogP contribution in [0.15, 0.2) is 42.5 Å². The molecule has 1 fully saturated rings. The van der Waals surface area contributed by atoms with E-state index < -0.39 is 18.5 Å². The molecule has 8 heteroatoms. The number of halogens is 1. The molecule has 1 N–H and O–H groups in total. The maximum Gasteiger partial charge on any atom is 0.338 e. The number of hydrogen-bond donors (Lipinski definition) is 1. The normalized spacial score (nSPS) is 13.4. The lowest BCUT2D eigenvalue weighted by molar-refractivity contribution is -0.119. The van der Waals surface area contributed by atoms with Crippen LogP contribution in [-0.4, -0.2) is 38.0 Å². The van der Waals surface area contributed by atoms with E-state index in [4.69, 9.17) is 21.1 Å². The first kappa shape index (κ1) is 19.7. The standard InChI is InChI=1S/C20H19ClN2O5/c1-27-15-7-5-14(6-8-15)22-18(24)12-28-20(26)13-4-9-16(21)17(11-13)23-10-2-3-19(23)25/h4-9,11H,2-3,10,12H2,1H3,(H,22,24). The van der Waals surface area contributed by atoms with Gasteiger partial charge in [-0.1, -0.05) is 11.6 Å². The smallest absolute Gasteiger partial charge is 0.338 e. The second-order valence-corrected chi connectivity index (χ2v) is 6.58. The van der Waals surface area contributed by atoms with Crippen LogP contribution in [0.1, 0.15) is 23.2 Å². The Morgan fingerprint density at radius 2 is 1.93 bits per heavy atom. The highest BCUT2D eigenvalue weighted by Crippen LogP contribution is 2.30. The van der Waals surface area contributed by atoms with Crippen LogP contribution in [0.5, 0.6) is 5.75 Å². The third-order valence-electron chi connectivity index (χ3n) is 4.25. The van der Waals surface area contributed by atoms with E-state index in [0.29, 0.717) is 35.1 Å². The zero-order chi connectivity index (χ0) is 20.1. The number of methoxy groups -OCH3 is 1. The van der Waals surface area contributed by atoms with Gasteiger partial charge in [0.05, 0.1) is 23.4 Å². The van der Waals surface area contributed by atoms with Gasteiger partial charge in [-0.3, -0.25) is 9.59 Å². The molecule has 0 radical (unpaired) electrons. The number of ether oxygens (including phenoxy) is 2. The first-order valence-corrected chi connectivity index (χ1v) is 9.06. The minimum Gasteiger partial charge on any atom is -0.497 e. The second-order valence-electron chi connectivity index (χ2n) is 6.17. The number of nitrogens with zero attached hydrogens (tertiary/aromatic N) is 1. The summed E-state index contributed by atoms with van der Waals surface area (Å²) in [5, 5.41) is 3.00. The van der Waals surface area contributed by atoms with E-state index in [2.05, 4.69) is 5.32 Å². The van der Waals surface area contributed by atoms with Crippen molar-refractivity contribution in [1.82, 2.24) is 0 Å². The van der Waals surface area contributed by atoms with Gasteiger partial charge in [0, 0.05) is 18.7 Å². The predicted octanol–water partition coefficient (Wildman–Crippen LogP) is 3.27. The highest BCUT2D eigenvalue weighted by Gasteiger charge is 2.24. The highest BCUT2D eigenvalue weighted by atomic mass is 35.5. The Kier molecular flexibility index (Phi) is 6.16. The van der Waals surface area contributed by atoms with Crippen molar-refractivity contribution < 1.29 is 23.9 Å². The van der Waals surface area contributed by atoms with Crippen molar-refractivity contribution in [3.05, 3.63) is 53.1 Å². The third-order valence-corrected chi connectivity index (χ3v) is 4.57. The average Bonchev–Trinajstić information content (AvgIpc) is 3.13. The Labute approximate surface area is 167 Å². The summed E-state index contributed by atoms with van der Waals surface area (Å²) in [6.45, 7) is 0.118. The molecule has 0 spiro atoms. The van der Waals surface area contributed by atoms with Crippen LogP contribution in [0.2, 0.25) is 5.02 Å². The van der Waals surface area contributed by atoms with Gasteiger partial charge in [0.2, 0.25) is 5.91 Å². The fourth-order valence-electron chi connectivity index (χ4n) is 2.84. The SMILES string of the molecule is COc1ccc(NC(=O)COC(=O)c2ccc(Cl)c(N3CCCC3=O)c2)cc1. The molecule has 1 aliphatic heterocycles. The Hall–Kier alpha value is -3.06. The molecule has 1 saturated heterocycles. The first-order valence-electron chi connectivity index (χ1n) is 8.69. The summed E-state index contributed by atoms with van der Waals surface area (Å²) in [4.78, 5) is 37.7. The van der Waals surface area contributed by atoms with Gasteiger partial charge in [0.1, 0.15) is 5.75 Å². The highest BCUT2D eigenvalue weighted by molar-refractivity contribution is 6.34.